The van der Waals surface area contributed by atoms with E-state index in [0.29, 0.717) is 42.0 Å². The van der Waals surface area contributed by atoms with Crippen LogP contribution in [0.1, 0.15) is 11.3 Å². The summed E-state index contributed by atoms with van der Waals surface area (Å²) in [5.74, 6) is -0.0191. The molecule has 1 N–H and O–H groups in total. The maximum Gasteiger partial charge on any atom is 0.457 e. The van der Waals surface area contributed by atoms with Crippen molar-refractivity contribution < 1.29 is 13.6 Å². The van der Waals surface area contributed by atoms with Gasteiger partial charge in [0.25, 0.3) is 0 Å². The molecule has 4 nitrogen and oxygen atoms in total. The van der Waals surface area contributed by atoms with Crippen molar-refractivity contribution in [2.24, 2.45) is 0 Å². The fourth-order valence-electron chi connectivity index (χ4n) is 3.48. The molecule has 1 atom stereocenters. The summed E-state index contributed by atoms with van der Waals surface area (Å²) in [5.41, 5.74) is 1.45. The summed E-state index contributed by atoms with van der Waals surface area (Å²) in [7, 11) is -3.93. The molecule has 0 amide bonds. The summed E-state index contributed by atoms with van der Waals surface area (Å²) >= 11 is 20.0. The Morgan fingerprint density at radius 3 is 1.79 bits per heavy atom. The quantitative estimate of drug-likeness (QED) is 0.257. The number of rotatable bonds is 4. The van der Waals surface area contributed by atoms with Crippen LogP contribution in [0, 0.1) is 0 Å². The molecule has 34 heavy (non-hydrogen) atoms. The Morgan fingerprint density at radius 1 is 0.706 bits per heavy atom. The lowest BCUT2D eigenvalue weighted by Crippen LogP contribution is -2.19. The molecule has 1 aliphatic rings. The zero-order chi connectivity index (χ0) is 23.7. The van der Waals surface area contributed by atoms with Gasteiger partial charge in [0.15, 0.2) is 5.78 Å². The lowest BCUT2D eigenvalue weighted by molar-refractivity contribution is 0.368. The average Bonchev–Trinajstić information content (AvgIpc) is 2.82. The fourth-order valence-corrected chi connectivity index (χ4v) is 7.19. The van der Waals surface area contributed by atoms with E-state index in [0.717, 1.165) is 5.56 Å². The first-order chi connectivity index (χ1) is 16.4. The van der Waals surface area contributed by atoms with E-state index in [1.54, 1.807) is 48.5 Å². The molecule has 9 heteroatoms. The summed E-state index contributed by atoms with van der Waals surface area (Å²) in [6.07, 6.45) is 0. The van der Waals surface area contributed by atoms with E-state index in [4.69, 9.17) is 43.9 Å². The number of hydrogen-bond acceptors (Lipinski definition) is 5. The zero-order valence-corrected chi connectivity index (χ0v) is 21.4. The molecule has 0 bridgehead atoms. The topological polar surface area (TPSA) is 47.6 Å². The molecule has 4 aromatic rings. The Kier molecular flexibility index (Phi) is 6.74. The second kappa shape index (κ2) is 9.77. The second-order valence-electron chi connectivity index (χ2n) is 7.47. The Labute approximate surface area is 216 Å². The van der Waals surface area contributed by atoms with E-state index in [2.05, 4.69) is 5.32 Å². The third kappa shape index (κ3) is 5.05. The maximum absolute atomic E-state index is 14.7. The van der Waals surface area contributed by atoms with Gasteiger partial charge >= 0.3 is 7.60 Å². The van der Waals surface area contributed by atoms with E-state index in [9.17, 15) is 4.57 Å². The third-order valence-electron chi connectivity index (χ3n) is 5.06. The molecule has 0 fully saturated rings. The minimum Gasteiger partial charge on any atom is -0.413 e. The predicted molar refractivity (Wildman–Crippen MR) is 140 cm³/mol. The van der Waals surface area contributed by atoms with Crippen molar-refractivity contribution in [3.8, 4) is 11.5 Å². The van der Waals surface area contributed by atoms with Crippen LogP contribution in [0.5, 0.6) is 11.5 Å². The first-order valence-electron chi connectivity index (χ1n) is 10.2. The normalized spacial score (nSPS) is 14.9. The molecule has 0 saturated carbocycles. The SMILES string of the molecule is O=P1(C(Nc2ccc(Cl)cc2)c2ccccc2)Oc2ccc(Cl)cc2Sc2cc(Cl)ccc2O1. The van der Waals surface area contributed by atoms with E-state index < -0.39 is 13.4 Å². The minimum atomic E-state index is -3.93. The van der Waals surface area contributed by atoms with Crippen molar-refractivity contribution in [1.82, 2.24) is 0 Å². The highest BCUT2D eigenvalue weighted by atomic mass is 35.5. The van der Waals surface area contributed by atoms with Crippen LogP contribution in [0.4, 0.5) is 5.69 Å². The second-order valence-corrected chi connectivity index (χ2v) is 11.8. The molecule has 172 valence electrons. The van der Waals surface area contributed by atoms with Gasteiger partial charge in [-0.1, -0.05) is 76.9 Å². The van der Waals surface area contributed by atoms with Crippen LogP contribution >= 0.6 is 54.2 Å². The fraction of sp³-hybridized carbons (Fsp3) is 0.0400. The van der Waals surface area contributed by atoms with Gasteiger partial charge in [0.2, 0.25) is 0 Å². The van der Waals surface area contributed by atoms with E-state index in [1.807, 2.05) is 42.5 Å². The minimum absolute atomic E-state index is 0.405. The third-order valence-corrected chi connectivity index (χ3v) is 8.82. The summed E-state index contributed by atoms with van der Waals surface area (Å²) in [6, 6.07) is 26.8. The van der Waals surface area contributed by atoms with Gasteiger partial charge in [-0.25, -0.2) is 4.57 Å². The lowest BCUT2D eigenvalue weighted by atomic mass is 10.2. The van der Waals surface area contributed by atoms with E-state index in [-0.39, 0.29) is 0 Å². The molecule has 4 aromatic carbocycles. The van der Waals surface area contributed by atoms with Crippen molar-refractivity contribution in [1.29, 1.82) is 0 Å². The van der Waals surface area contributed by atoms with Gasteiger partial charge in [0.1, 0.15) is 11.5 Å². The standard InChI is InChI=1S/C25H17Cl3NO3PS/c26-17-6-10-20(11-7-17)29-25(16-4-2-1-3-5-16)33(30)31-21-12-8-18(27)14-23(21)34-24-15-19(28)9-13-22(24)32-33/h1-15,25,29H. The van der Waals surface area contributed by atoms with Gasteiger partial charge in [0.05, 0.1) is 9.79 Å². The molecule has 1 aliphatic heterocycles. The monoisotopic (exact) mass is 547 g/mol. The lowest BCUT2D eigenvalue weighted by Gasteiger charge is -2.31. The highest BCUT2D eigenvalue weighted by Gasteiger charge is 2.43. The predicted octanol–water partition coefficient (Wildman–Crippen LogP) is 9.57. The zero-order valence-electron chi connectivity index (χ0n) is 17.5. The summed E-state index contributed by atoms with van der Waals surface area (Å²) in [6.45, 7) is 0. The van der Waals surface area contributed by atoms with Crippen molar-refractivity contribution in [3.05, 3.63) is 112 Å². The molecule has 0 aliphatic carbocycles. The Hall–Kier alpha value is -2.27. The molecule has 5 rings (SSSR count). The van der Waals surface area contributed by atoms with Crippen LogP contribution in [0.2, 0.25) is 15.1 Å². The van der Waals surface area contributed by atoms with Crippen LogP contribution in [0.15, 0.2) is 101 Å². The van der Waals surface area contributed by atoms with Crippen molar-refractivity contribution in [3.63, 3.8) is 0 Å². The van der Waals surface area contributed by atoms with Crippen LogP contribution in [-0.4, -0.2) is 0 Å². The average molecular weight is 549 g/mol. The molecule has 1 unspecified atom stereocenters. The summed E-state index contributed by atoms with van der Waals surface area (Å²) < 4.78 is 27.1. The van der Waals surface area contributed by atoms with Gasteiger partial charge < -0.3 is 14.4 Å². The van der Waals surface area contributed by atoms with Crippen LogP contribution in [-0.2, 0) is 4.57 Å². The molecular formula is C25H17Cl3NO3PS. The van der Waals surface area contributed by atoms with Gasteiger partial charge in [-0.05, 0) is 66.2 Å². The van der Waals surface area contributed by atoms with Crippen molar-refractivity contribution >= 4 is 59.8 Å². The Morgan fingerprint density at radius 2 is 1.24 bits per heavy atom. The van der Waals surface area contributed by atoms with Gasteiger partial charge in [-0.15, -0.1) is 0 Å². The number of anilines is 1. The van der Waals surface area contributed by atoms with Gasteiger partial charge in [0, 0.05) is 20.8 Å². The van der Waals surface area contributed by atoms with Gasteiger partial charge in [-0.2, -0.15) is 0 Å². The highest BCUT2D eigenvalue weighted by molar-refractivity contribution is 7.99. The van der Waals surface area contributed by atoms with Crippen molar-refractivity contribution in [2.75, 3.05) is 5.32 Å². The number of halogens is 3. The smallest absolute Gasteiger partial charge is 0.413 e. The molecule has 0 aromatic heterocycles. The summed E-state index contributed by atoms with van der Waals surface area (Å²) in [4.78, 5) is 1.41. The molecular weight excluding hydrogens is 532 g/mol. The molecule has 1 heterocycles. The summed E-state index contributed by atoms with van der Waals surface area (Å²) in [5, 5.41) is 5.00. The molecule has 0 spiro atoms. The Balaban J connectivity index is 1.67. The van der Waals surface area contributed by atoms with Gasteiger partial charge in [-0.3, -0.25) is 0 Å². The molecule has 0 radical (unpaired) electrons. The first kappa shape index (κ1) is 23.5. The maximum atomic E-state index is 14.7. The van der Waals surface area contributed by atoms with E-state index >= 15 is 0 Å². The van der Waals surface area contributed by atoms with Crippen LogP contribution < -0.4 is 14.4 Å². The highest BCUT2D eigenvalue weighted by Crippen LogP contribution is 2.63. The van der Waals surface area contributed by atoms with Crippen LogP contribution in [0.3, 0.4) is 0 Å². The number of hydrogen-bond donors (Lipinski definition) is 1. The molecule has 0 saturated heterocycles. The van der Waals surface area contributed by atoms with E-state index in [1.165, 1.54) is 11.8 Å². The Bertz CT molecular complexity index is 1330. The van der Waals surface area contributed by atoms with Crippen molar-refractivity contribution in [2.45, 2.75) is 15.6 Å². The number of nitrogens with one attached hydrogen (secondary N) is 1. The number of fused-ring (bicyclic) bond motifs is 2. The van der Waals surface area contributed by atoms with Crippen LogP contribution in [0.25, 0.3) is 0 Å². The first-order valence-corrected chi connectivity index (χ1v) is 13.8. The largest absolute Gasteiger partial charge is 0.457 e. The number of benzene rings is 4.